The van der Waals surface area contributed by atoms with Gasteiger partial charge in [0.15, 0.2) is 0 Å². The van der Waals surface area contributed by atoms with E-state index in [9.17, 15) is 58.1 Å². The van der Waals surface area contributed by atoms with E-state index in [2.05, 4.69) is 15.2 Å². The van der Waals surface area contributed by atoms with E-state index >= 15 is 0 Å². The van der Waals surface area contributed by atoms with Crippen LogP contribution in [0.4, 0.5) is 14.5 Å². The molecule has 0 radical (unpaired) electrons. The summed E-state index contributed by atoms with van der Waals surface area (Å²) in [4.78, 5) is 89.9. The summed E-state index contributed by atoms with van der Waals surface area (Å²) in [5.74, 6) is -7.79. The van der Waals surface area contributed by atoms with E-state index in [0.29, 0.717) is 63.5 Å². The number of aromatic nitrogens is 1. The SMILES string of the molecule is N#C[C@@H]1CC(F)(F)CN1C(=O)CNC(=O)c1ccncc1-c1ccc(N2CCN(C(=O)CN3CCN(CC(=O)O)CCN(CC(=O)O)CCN(CC(=O)O)CC3)CC2)cc1. The second kappa shape index (κ2) is 20.9. The van der Waals surface area contributed by atoms with Crippen molar-refractivity contribution in [2.45, 2.75) is 18.4 Å². The summed E-state index contributed by atoms with van der Waals surface area (Å²) in [6, 6.07) is 9.32. The molecule has 324 valence electrons. The summed E-state index contributed by atoms with van der Waals surface area (Å²) in [5, 5.41) is 40.1. The molecule has 60 heavy (non-hydrogen) atoms. The smallest absolute Gasteiger partial charge is 0.317 e. The number of hydrogen-bond donors (Lipinski definition) is 4. The Morgan fingerprint density at radius 2 is 1.22 bits per heavy atom. The van der Waals surface area contributed by atoms with Crippen LogP contribution >= 0.6 is 0 Å². The minimum Gasteiger partial charge on any atom is -0.480 e. The Morgan fingerprint density at radius 1 is 0.717 bits per heavy atom. The van der Waals surface area contributed by atoms with Crippen LogP contribution in [-0.2, 0) is 24.0 Å². The molecule has 1 aromatic carbocycles. The van der Waals surface area contributed by atoms with Crippen molar-refractivity contribution in [3.8, 4) is 17.2 Å². The van der Waals surface area contributed by atoms with Crippen molar-refractivity contribution in [2.75, 3.05) is 123 Å². The molecule has 0 unspecified atom stereocenters. The van der Waals surface area contributed by atoms with Crippen molar-refractivity contribution >= 4 is 41.3 Å². The Morgan fingerprint density at radius 3 is 1.70 bits per heavy atom. The van der Waals surface area contributed by atoms with Crippen molar-refractivity contribution < 1.29 is 52.9 Å². The minimum atomic E-state index is -3.17. The van der Waals surface area contributed by atoms with Gasteiger partial charge >= 0.3 is 17.9 Å². The summed E-state index contributed by atoms with van der Waals surface area (Å²) < 4.78 is 27.7. The predicted molar refractivity (Wildman–Crippen MR) is 210 cm³/mol. The van der Waals surface area contributed by atoms with Crippen LogP contribution in [0, 0.1) is 11.3 Å². The number of nitrogens with zero attached hydrogens (tertiary/aromatic N) is 9. The maximum Gasteiger partial charge on any atom is 0.317 e. The molecule has 4 N–H and O–H groups in total. The fourth-order valence-electron chi connectivity index (χ4n) is 7.51. The number of carbonyl (C=O) groups is 6. The van der Waals surface area contributed by atoms with Crippen LogP contribution in [0.3, 0.4) is 0 Å². The van der Waals surface area contributed by atoms with E-state index in [1.54, 1.807) is 25.7 Å². The number of anilines is 1. The quantitative estimate of drug-likeness (QED) is 0.197. The molecule has 0 bridgehead atoms. The van der Waals surface area contributed by atoms with Gasteiger partial charge in [0, 0.05) is 109 Å². The van der Waals surface area contributed by atoms with Crippen molar-refractivity contribution in [3.63, 3.8) is 0 Å². The molecule has 1 aromatic heterocycles. The van der Waals surface area contributed by atoms with Gasteiger partial charge in [0.2, 0.25) is 11.8 Å². The highest BCUT2D eigenvalue weighted by Gasteiger charge is 2.47. The lowest BCUT2D eigenvalue weighted by Gasteiger charge is -2.37. The number of carboxylic acid groups (broad SMARTS) is 3. The second-order valence-corrected chi connectivity index (χ2v) is 15.0. The largest absolute Gasteiger partial charge is 0.480 e. The average molecular weight is 841 g/mol. The number of aliphatic carboxylic acids is 3. The number of alkyl halides is 2. The third kappa shape index (κ3) is 13.1. The van der Waals surface area contributed by atoms with Gasteiger partial charge in [-0.2, -0.15) is 5.26 Å². The molecule has 0 aliphatic carbocycles. The summed E-state index contributed by atoms with van der Waals surface area (Å²) >= 11 is 0. The van der Waals surface area contributed by atoms with E-state index < -0.39 is 61.2 Å². The molecule has 1 atom stereocenters. The summed E-state index contributed by atoms with van der Waals surface area (Å²) in [6.07, 6.45) is 2.17. The zero-order chi connectivity index (χ0) is 43.4. The van der Waals surface area contributed by atoms with Crippen LogP contribution in [-0.4, -0.2) is 215 Å². The number of hydrogen-bond acceptors (Lipinski definition) is 13. The van der Waals surface area contributed by atoms with Gasteiger partial charge in [-0.1, -0.05) is 12.1 Å². The van der Waals surface area contributed by atoms with Crippen LogP contribution in [0.15, 0.2) is 42.7 Å². The molecule has 3 aliphatic heterocycles. The molecule has 19 nitrogen and oxygen atoms in total. The molecule has 21 heteroatoms. The zero-order valence-corrected chi connectivity index (χ0v) is 33.1. The Hall–Kier alpha value is -5.82. The second-order valence-electron chi connectivity index (χ2n) is 15.0. The van der Waals surface area contributed by atoms with E-state index in [1.807, 2.05) is 29.2 Å². The van der Waals surface area contributed by atoms with Crippen molar-refractivity contribution in [3.05, 3.63) is 48.3 Å². The average Bonchev–Trinajstić information content (AvgIpc) is 3.54. The van der Waals surface area contributed by atoms with Gasteiger partial charge in [-0.15, -0.1) is 0 Å². The highest BCUT2D eigenvalue weighted by molar-refractivity contribution is 6.02. The number of halogens is 2. The highest BCUT2D eigenvalue weighted by Crippen LogP contribution is 2.32. The first kappa shape index (κ1) is 45.3. The topological polar surface area (TPSA) is 234 Å². The minimum absolute atomic E-state index is 0.0470. The first-order valence-electron chi connectivity index (χ1n) is 19.6. The fourth-order valence-corrected chi connectivity index (χ4v) is 7.51. The highest BCUT2D eigenvalue weighted by atomic mass is 19.3. The molecule has 3 amide bonds. The van der Waals surface area contributed by atoms with E-state index in [0.717, 1.165) is 10.6 Å². The molecule has 3 fully saturated rings. The fraction of sp³-hybridized carbons (Fsp3) is 0.538. The Bertz CT molecular complexity index is 1880. The van der Waals surface area contributed by atoms with E-state index in [1.165, 1.54) is 18.5 Å². The Labute approximate surface area is 345 Å². The molecule has 2 aromatic rings. The van der Waals surface area contributed by atoms with Gasteiger partial charge in [-0.05, 0) is 23.8 Å². The van der Waals surface area contributed by atoms with Crippen LogP contribution in [0.5, 0.6) is 0 Å². The monoisotopic (exact) mass is 840 g/mol. The van der Waals surface area contributed by atoms with Crippen molar-refractivity contribution in [2.24, 2.45) is 0 Å². The van der Waals surface area contributed by atoms with Gasteiger partial charge in [0.05, 0.1) is 50.9 Å². The van der Waals surface area contributed by atoms with Gasteiger partial charge in [-0.25, -0.2) is 8.78 Å². The molecule has 5 rings (SSSR count). The van der Waals surface area contributed by atoms with Gasteiger partial charge in [0.1, 0.15) is 6.04 Å². The lowest BCUT2D eigenvalue weighted by Crippen LogP contribution is -2.53. The first-order valence-corrected chi connectivity index (χ1v) is 19.6. The molecular weight excluding hydrogens is 790 g/mol. The summed E-state index contributed by atoms with van der Waals surface area (Å²) in [6.45, 7) is 2.15. The number of carboxylic acids is 3. The maximum atomic E-state index is 13.8. The number of carbonyl (C=O) groups excluding carboxylic acids is 3. The molecule has 0 spiro atoms. The molecule has 3 aliphatic rings. The molecule has 0 saturated carbocycles. The maximum absolute atomic E-state index is 13.8. The number of amides is 3. The third-order valence-electron chi connectivity index (χ3n) is 10.7. The van der Waals surface area contributed by atoms with E-state index in [4.69, 9.17) is 0 Å². The summed E-state index contributed by atoms with van der Waals surface area (Å²) in [5.41, 5.74) is 2.23. The van der Waals surface area contributed by atoms with Crippen molar-refractivity contribution in [1.82, 2.24) is 39.7 Å². The van der Waals surface area contributed by atoms with Crippen LogP contribution in [0.25, 0.3) is 11.1 Å². The van der Waals surface area contributed by atoms with E-state index in [-0.39, 0.29) is 63.8 Å². The predicted octanol–water partition coefficient (Wildman–Crippen LogP) is -0.638. The standard InChI is InChI=1S/C39H50F2N10O9/c40-39(41)19-30(20-42)51(27-39)33(52)22-44-38(60)31-5-6-43-21-32(31)28-1-3-29(4-2-28)49-15-17-50(18-16-49)34(53)23-45-7-9-46(24-35(54)55)11-13-48(26-37(58)59)14-12-47(10-8-45)25-36(56)57/h1-6,21,30H,7-19,22-27H2,(H,44,60)(H,54,55)(H,56,57)(H,58,59)/t30-/m0/s1. The number of benzene rings is 1. The first-order chi connectivity index (χ1) is 28.6. The van der Waals surface area contributed by atoms with Crippen LogP contribution < -0.4 is 10.2 Å². The van der Waals surface area contributed by atoms with Gasteiger partial charge in [0.25, 0.3) is 11.8 Å². The molecule has 3 saturated heterocycles. The van der Waals surface area contributed by atoms with Crippen molar-refractivity contribution in [1.29, 1.82) is 5.26 Å². The van der Waals surface area contributed by atoms with Gasteiger partial charge in [-0.3, -0.25) is 53.4 Å². The number of pyridine rings is 1. The zero-order valence-electron chi connectivity index (χ0n) is 33.1. The van der Waals surface area contributed by atoms with Crippen LogP contribution in [0.1, 0.15) is 16.8 Å². The lowest BCUT2D eigenvalue weighted by molar-refractivity contribution is -0.140. The third-order valence-corrected chi connectivity index (χ3v) is 10.7. The summed E-state index contributed by atoms with van der Waals surface area (Å²) in [7, 11) is 0. The number of nitrogens with one attached hydrogen (secondary N) is 1. The lowest BCUT2D eigenvalue weighted by atomic mass is 10.0. The number of rotatable bonds is 13. The Balaban J connectivity index is 1.16. The van der Waals surface area contributed by atoms with Crippen LogP contribution in [0.2, 0.25) is 0 Å². The Kier molecular flexibility index (Phi) is 15.8. The molecular formula is C39H50F2N10O9. The number of piperazine rings is 1. The number of likely N-dealkylation sites (tertiary alicyclic amines) is 1. The molecule has 4 heterocycles. The van der Waals surface area contributed by atoms with Gasteiger partial charge < -0.3 is 35.3 Å². The normalized spacial score (nSPS) is 20.1. The number of nitriles is 1.